The quantitative estimate of drug-likeness (QED) is 0.335. The number of aromatic nitrogens is 2. The summed E-state index contributed by atoms with van der Waals surface area (Å²) in [7, 11) is 0. The maximum Gasteiger partial charge on any atom is 0.257 e. The Morgan fingerprint density at radius 1 is 1.13 bits per heavy atom. The predicted octanol–water partition coefficient (Wildman–Crippen LogP) is 3.76. The largest absolute Gasteiger partial charge is 0.368 e. The molecule has 3 amide bonds. The van der Waals surface area contributed by atoms with Crippen LogP contribution in [0.25, 0.3) is 0 Å². The lowest BCUT2D eigenvalue weighted by Gasteiger charge is -2.38. The summed E-state index contributed by atoms with van der Waals surface area (Å²) >= 11 is 0. The standard InChI is InChI=1S/C30H38N6O3/c1-6-20-13-15-22(16-14-20)30(7-2,28(39)33-19(3)25(31)37)35-27(38)23-18-32-36-26(23)34-24(17-29(36,4)5)21-11-9-8-10-12-21/h8-16,18-19,24,34H,6-7,17H2,1-5H3,(H2,31,37)(H,33,39)(H,35,38)/t19-,24+,30?/m0/s1. The molecule has 2 aromatic carbocycles. The van der Waals surface area contributed by atoms with Crippen LogP contribution in [0, 0.1) is 0 Å². The van der Waals surface area contributed by atoms with Crippen LogP contribution in [0.5, 0.6) is 0 Å². The molecule has 0 bridgehead atoms. The van der Waals surface area contributed by atoms with E-state index < -0.39 is 29.3 Å². The molecule has 3 atom stereocenters. The molecule has 0 saturated heterocycles. The fourth-order valence-electron chi connectivity index (χ4n) is 5.19. The van der Waals surface area contributed by atoms with Gasteiger partial charge in [-0.15, -0.1) is 0 Å². The molecule has 0 radical (unpaired) electrons. The normalized spacial score (nSPS) is 18.1. The first-order valence-corrected chi connectivity index (χ1v) is 13.4. The van der Waals surface area contributed by atoms with Gasteiger partial charge in [-0.25, -0.2) is 4.68 Å². The third kappa shape index (κ3) is 5.39. The maximum absolute atomic E-state index is 14.0. The number of anilines is 1. The Labute approximate surface area is 229 Å². The van der Waals surface area contributed by atoms with Crippen molar-refractivity contribution in [3.05, 3.63) is 83.0 Å². The average Bonchev–Trinajstić information content (AvgIpc) is 3.37. The van der Waals surface area contributed by atoms with Crippen molar-refractivity contribution in [3.63, 3.8) is 0 Å². The van der Waals surface area contributed by atoms with Crippen molar-refractivity contribution in [1.29, 1.82) is 0 Å². The van der Waals surface area contributed by atoms with Gasteiger partial charge in [0.1, 0.15) is 23.0 Å². The first-order chi connectivity index (χ1) is 18.5. The van der Waals surface area contributed by atoms with Crippen LogP contribution < -0.4 is 21.7 Å². The number of rotatable bonds is 9. The Kier molecular flexibility index (Phi) is 7.81. The van der Waals surface area contributed by atoms with E-state index in [0.717, 1.165) is 24.0 Å². The number of hydrogen-bond acceptors (Lipinski definition) is 5. The summed E-state index contributed by atoms with van der Waals surface area (Å²) in [5.74, 6) is -1.03. The van der Waals surface area contributed by atoms with E-state index >= 15 is 0 Å². The predicted molar refractivity (Wildman–Crippen MR) is 151 cm³/mol. The summed E-state index contributed by atoms with van der Waals surface area (Å²) in [6.07, 6.45) is 3.40. The van der Waals surface area contributed by atoms with Gasteiger partial charge in [-0.1, -0.05) is 68.4 Å². The Morgan fingerprint density at radius 2 is 1.79 bits per heavy atom. The number of benzene rings is 2. The first kappa shape index (κ1) is 27.9. The lowest BCUT2D eigenvalue weighted by Crippen LogP contribution is -2.59. The van der Waals surface area contributed by atoms with Crippen molar-refractivity contribution >= 4 is 23.5 Å². The van der Waals surface area contributed by atoms with Crippen molar-refractivity contribution in [2.24, 2.45) is 5.73 Å². The van der Waals surface area contributed by atoms with Gasteiger partial charge in [0.15, 0.2) is 0 Å². The molecule has 1 unspecified atom stereocenters. The van der Waals surface area contributed by atoms with Gasteiger partial charge in [-0.2, -0.15) is 5.10 Å². The molecular formula is C30H38N6O3. The zero-order valence-corrected chi connectivity index (χ0v) is 23.2. The molecule has 0 spiro atoms. The molecule has 3 aromatic rings. The minimum absolute atomic E-state index is 0.0193. The van der Waals surface area contributed by atoms with Crippen molar-refractivity contribution in [1.82, 2.24) is 20.4 Å². The van der Waals surface area contributed by atoms with E-state index in [1.165, 1.54) is 13.1 Å². The number of nitrogens with two attached hydrogens (primary N) is 1. The highest BCUT2D eigenvalue weighted by atomic mass is 16.2. The first-order valence-electron chi connectivity index (χ1n) is 13.4. The molecule has 9 nitrogen and oxygen atoms in total. The Morgan fingerprint density at radius 3 is 2.38 bits per heavy atom. The van der Waals surface area contributed by atoms with Crippen LogP contribution in [-0.2, 0) is 27.1 Å². The van der Waals surface area contributed by atoms with Crippen molar-refractivity contribution in [2.75, 3.05) is 5.32 Å². The van der Waals surface area contributed by atoms with Gasteiger partial charge in [0.2, 0.25) is 5.91 Å². The minimum Gasteiger partial charge on any atom is -0.368 e. The number of nitrogens with one attached hydrogen (secondary N) is 3. The van der Waals surface area contributed by atoms with Gasteiger partial charge < -0.3 is 21.7 Å². The molecule has 1 aromatic heterocycles. The zero-order chi connectivity index (χ0) is 28.4. The van der Waals surface area contributed by atoms with Crippen molar-refractivity contribution < 1.29 is 14.4 Å². The average molecular weight is 531 g/mol. The van der Waals surface area contributed by atoms with Gasteiger partial charge in [0.25, 0.3) is 11.8 Å². The minimum atomic E-state index is -1.44. The van der Waals surface area contributed by atoms with Crippen molar-refractivity contribution in [3.8, 4) is 0 Å². The lowest BCUT2D eigenvalue weighted by atomic mass is 9.84. The SMILES string of the molecule is CCc1ccc(C(CC)(NC(=O)c2cnn3c2N[C@@H](c2ccccc2)CC3(C)C)C(=O)N[C@@H](C)C(N)=O)cc1. The molecule has 9 heteroatoms. The summed E-state index contributed by atoms with van der Waals surface area (Å²) < 4.78 is 1.83. The molecule has 39 heavy (non-hydrogen) atoms. The molecule has 2 heterocycles. The number of carbonyl (C=O) groups is 3. The number of amides is 3. The molecule has 4 rings (SSSR count). The van der Waals surface area contributed by atoms with Crippen molar-refractivity contribution in [2.45, 2.75) is 77.0 Å². The van der Waals surface area contributed by atoms with Gasteiger partial charge >= 0.3 is 0 Å². The van der Waals surface area contributed by atoms with Crippen LogP contribution in [0.1, 0.15) is 80.6 Å². The molecule has 206 valence electrons. The van der Waals surface area contributed by atoms with E-state index in [9.17, 15) is 14.4 Å². The fourth-order valence-corrected chi connectivity index (χ4v) is 5.19. The molecule has 0 saturated carbocycles. The van der Waals surface area contributed by atoms with E-state index in [1.807, 2.05) is 61.0 Å². The highest BCUT2D eigenvalue weighted by Gasteiger charge is 2.43. The van der Waals surface area contributed by atoms with Crippen LogP contribution in [0.4, 0.5) is 5.82 Å². The summed E-state index contributed by atoms with van der Waals surface area (Å²) in [6, 6.07) is 16.7. The smallest absolute Gasteiger partial charge is 0.257 e. The summed E-state index contributed by atoms with van der Waals surface area (Å²) in [4.78, 5) is 39.4. The van der Waals surface area contributed by atoms with Crippen LogP contribution in [0.2, 0.25) is 0 Å². The monoisotopic (exact) mass is 530 g/mol. The number of primary amides is 1. The summed E-state index contributed by atoms with van der Waals surface area (Å²) in [5.41, 5.74) is 6.80. The third-order valence-electron chi connectivity index (χ3n) is 7.68. The molecule has 1 aliphatic rings. The van der Waals surface area contributed by atoms with Crippen LogP contribution >= 0.6 is 0 Å². The second-order valence-electron chi connectivity index (χ2n) is 10.8. The number of fused-ring (bicyclic) bond motifs is 1. The van der Waals surface area contributed by atoms with Gasteiger partial charge in [0.05, 0.1) is 17.8 Å². The van der Waals surface area contributed by atoms with Gasteiger partial charge in [-0.3, -0.25) is 14.4 Å². The second-order valence-corrected chi connectivity index (χ2v) is 10.8. The molecular weight excluding hydrogens is 492 g/mol. The summed E-state index contributed by atoms with van der Waals surface area (Å²) in [6.45, 7) is 9.57. The molecule has 0 fully saturated rings. The van der Waals surface area contributed by atoms with Crippen LogP contribution in [-0.4, -0.2) is 33.5 Å². The Balaban J connectivity index is 1.73. The highest BCUT2D eigenvalue weighted by molar-refractivity contribution is 6.03. The van der Waals surface area contributed by atoms with Gasteiger partial charge in [-0.05, 0) is 56.7 Å². The Hall–Kier alpha value is -4.14. The molecule has 1 aliphatic heterocycles. The summed E-state index contributed by atoms with van der Waals surface area (Å²) in [5, 5.41) is 13.8. The number of nitrogens with zero attached hydrogens (tertiary/aromatic N) is 2. The van der Waals surface area contributed by atoms with E-state index in [0.29, 0.717) is 16.9 Å². The zero-order valence-electron chi connectivity index (χ0n) is 23.2. The second kappa shape index (κ2) is 10.9. The molecule has 5 N–H and O–H groups in total. The topological polar surface area (TPSA) is 131 Å². The lowest BCUT2D eigenvalue weighted by molar-refractivity contribution is -0.131. The molecule has 0 aliphatic carbocycles. The third-order valence-corrected chi connectivity index (χ3v) is 7.68. The van der Waals surface area contributed by atoms with Crippen LogP contribution in [0.15, 0.2) is 60.8 Å². The number of hydrogen-bond donors (Lipinski definition) is 4. The van der Waals surface area contributed by atoms with E-state index in [-0.39, 0.29) is 18.0 Å². The van der Waals surface area contributed by atoms with E-state index in [2.05, 4.69) is 47.0 Å². The van der Waals surface area contributed by atoms with E-state index in [4.69, 9.17) is 5.73 Å². The van der Waals surface area contributed by atoms with Gasteiger partial charge in [0, 0.05) is 0 Å². The maximum atomic E-state index is 14.0. The van der Waals surface area contributed by atoms with Crippen LogP contribution in [0.3, 0.4) is 0 Å². The highest BCUT2D eigenvalue weighted by Crippen LogP contribution is 2.40. The number of carbonyl (C=O) groups excluding carboxylic acids is 3. The van der Waals surface area contributed by atoms with E-state index in [1.54, 1.807) is 0 Å². The fraction of sp³-hybridized carbons (Fsp3) is 0.400. The Bertz CT molecular complexity index is 1350. The number of aryl methyl sites for hydroxylation is 1.